The molecule has 0 N–H and O–H groups in total. The Labute approximate surface area is 168 Å². The lowest BCUT2D eigenvalue weighted by atomic mass is 10.1. The molecule has 29 heavy (non-hydrogen) atoms. The lowest BCUT2D eigenvalue weighted by Gasteiger charge is -2.16. The summed E-state index contributed by atoms with van der Waals surface area (Å²) in [7, 11) is 1.61. The fourth-order valence-corrected chi connectivity index (χ4v) is 3.34. The maximum Gasteiger partial charge on any atom is 0.349 e. The van der Waals surface area contributed by atoms with Crippen molar-refractivity contribution >= 4 is 28.3 Å². The third kappa shape index (κ3) is 4.32. The standard InChI is InChI=1S/C23H21NO5/c1-27-20-8-4-16-5-9-21(14-17(16)13-20)29-23(26)15-28-19-10-6-18(7-11-19)24-12-2-3-22(24)25/h4-11,13-14H,2-3,12,15H2,1H3. The molecule has 1 saturated heterocycles. The molecule has 0 unspecified atom stereocenters. The first kappa shape index (κ1) is 18.8. The highest BCUT2D eigenvalue weighted by Gasteiger charge is 2.21. The molecule has 0 saturated carbocycles. The normalized spacial score (nSPS) is 13.6. The van der Waals surface area contributed by atoms with E-state index in [1.807, 2.05) is 36.4 Å². The summed E-state index contributed by atoms with van der Waals surface area (Å²) in [5.74, 6) is 1.37. The number of anilines is 1. The van der Waals surface area contributed by atoms with Gasteiger partial charge >= 0.3 is 5.97 Å². The number of hydrogen-bond donors (Lipinski definition) is 0. The van der Waals surface area contributed by atoms with Crippen molar-refractivity contribution in [2.24, 2.45) is 0 Å². The second kappa shape index (κ2) is 8.22. The van der Waals surface area contributed by atoms with E-state index in [2.05, 4.69) is 0 Å². The zero-order chi connectivity index (χ0) is 20.2. The maximum atomic E-state index is 12.1. The predicted octanol–water partition coefficient (Wildman–Crippen LogP) is 3.96. The van der Waals surface area contributed by atoms with E-state index in [1.165, 1.54) is 0 Å². The Morgan fingerprint density at radius 2 is 1.62 bits per heavy atom. The number of benzene rings is 3. The summed E-state index contributed by atoms with van der Waals surface area (Å²) in [6, 6.07) is 18.3. The van der Waals surface area contributed by atoms with Gasteiger partial charge in [-0.15, -0.1) is 0 Å². The van der Waals surface area contributed by atoms with E-state index in [4.69, 9.17) is 14.2 Å². The molecule has 0 radical (unpaired) electrons. The van der Waals surface area contributed by atoms with E-state index < -0.39 is 5.97 Å². The zero-order valence-electron chi connectivity index (χ0n) is 16.1. The average Bonchev–Trinajstić information content (AvgIpc) is 3.18. The predicted molar refractivity (Wildman–Crippen MR) is 110 cm³/mol. The Morgan fingerprint density at radius 3 is 2.31 bits per heavy atom. The number of esters is 1. The van der Waals surface area contributed by atoms with Crippen LogP contribution in [0.5, 0.6) is 17.2 Å². The first-order valence-electron chi connectivity index (χ1n) is 9.44. The van der Waals surface area contributed by atoms with Crippen molar-refractivity contribution < 1.29 is 23.8 Å². The summed E-state index contributed by atoms with van der Waals surface area (Å²) in [6.07, 6.45) is 1.47. The summed E-state index contributed by atoms with van der Waals surface area (Å²) < 4.78 is 16.1. The van der Waals surface area contributed by atoms with E-state index >= 15 is 0 Å². The number of carbonyl (C=O) groups is 2. The zero-order valence-corrected chi connectivity index (χ0v) is 16.1. The Hall–Kier alpha value is -3.54. The number of carbonyl (C=O) groups excluding carboxylic acids is 2. The highest BCUT2D eigenvalue weighted by atomic mass is 16.6. The van der Waals surface area contributed by atoms with Crippen LogP contribution in [0.15, 0.2) is 60.7 Å². The fourth-order valence-electron chi connectivity index (χ4n) is 3.34. The summed E-state index contributed by atoms with van der Waals surface area (Å²) in [6.45, 7) is 0.529. The fraction of sp³-hybridized carbons (Fsp3) is 0.217. The molecule has 1 aliphatic heterocycles. The molecule has 1 aliphatic rings. The largest absolute Gasteiger partial charge is 0.497 e. The number of amides is 1. The second-order valence-corrected chi connectivity index (χ2v) is 6.78. The number of nitrogens with zero attached hydrogens (tertiary/aromatic N) is 1. The van der Waals surface area contributed by atoms with Crippen LogP contribution in [0.2, 0.25) is 0 Å². The molecule has 6 heteroatoms. The Balaban J connectivity index is 1.35. The molecule has 0 spiro atoms. The van der Waals surface area contributed by atoms with Crippen LogP contribution in [-0.4, -0.2) is 32.1 Å². The number of ether oxygens (including phenoxy) is 3. The molecule has 4 rings (SSSR count). The monoisotopic (exact) mass is 391 g/mol. The van der Waals surface area contributed by atoms with Gasteiger partial charge in [-0.2, -0.15) is 0 Å². The minimum Gasteiger partial charge on any atom is -0.497 e. The molecule has 148 valence electrons. The van der Waals surface area contributed by atoms with Gasteiger partial charge in [-0.05, 0) is 65.7 Å². The van der Waals surface area contributed by atoms with Gasteiger partial charge in [0, 0.05) is 18.7 Å². The number of hydrogen-bond acceptors (Lipinski definition) is 5. The van der Waals surface area contributed by atoms with Crippen LogP contribution in [0.4, 0.5) is 5.69 Å². The van der Waals surface area contributed by atoms with Crippen molar-refractivity contribution in [1.29, 1.82) is 0 Å². The Morgan fingerprint density at radius 1 is 0.931 bits per heavy atom. The van der Waals surface area contributed by atoms with E-state index in [0.29, 0.717) is 17.9 Å². The van der Waals surface area contributed by atoms with Gasteiger partial charge in [-0.1, -0.05) is 12.1 Å². The lowest BCUT2D eigenvalue weighted by molar-refractivity contribution is -0.136. The molecule has 3 aromatic rings. The third-order valence-electron chi connectivity index (χ3n) is 4.83. The van der Waals surface area contributed by atoms with Gasteiger partial charge in [0.05, 0.1) is 7.11 Å². The lowest BCUT2D eigenvalue weighted by Crippen LogP contribution is -2.23. The van der Waals surface area contributed by atoms with Gasteiger partial charge in [0.15, 0.2) is 6.61 Å². The first-order chi connectivity index (χ1) is 14.1. The first-order valence-corrected chi connectivity index (χ1v) is 9.44. The molecule has 1 fully saturated rings. The summed E-state index contributed by atoms with van der Waals surface area (Å²) in [5.41, 5.74) is 0.842. The molecular formula is C23H21NO5. The van der Waals surface area contributed by atoms with Gasteiger partial charge in [0.25, 0.3) is 0 Å². The van der Waals surface area contributed by atoms with E-state index in [-0.39, 0.29) is 12.5 Å². The number of fused-ring (bicyclic) bond motifs is 1. The van der Waals surface area contributed by atoms with Gasteiger partial charge < -0.3 is 19.1 Å². The van der Waals surface area contributed by atoms with E-state index in [0.717, 1.165) is 35.2 Å². The SMILES string of the molecule is COc1ccc2ccc(OC(=O)COc3ccc(N4CCCC4=O)cc3)cc2c1. The summed E-state index contributed by atoms with van der Waals surface area (Å²) >= 11 is 0. The summed E-state index contributed by atoms with van der Waals surface area (Å²) in [4.78, 5) is 25.7. The van der Waals surface area contributed by atoms with Crippen LogP contribution in [-0.2, 0) is 9.59 Å². The molecule has 0 aromatic heterocycles. The highest BCUT2D eigenvalue weighted by Crippen LogP contribution is 2.26. The van der Waals surface area contributed by atoms with Crippen LogP contribution in [0, 0.1) is 0 Å². The molecule has 0 bridgehead atoms. The van der Waals surface area contributed by atoms with Crippen LogP contribution in [0.1, 0.15) is 12.8 Å². The minimum atomic E-state index is -0.494. The Bertz CT molecular complexity index is 1040. The van der Waals surface area contributed by atoms with Crippen molar-refractivity contribution in [3.05, 3.63) is 60.7 Å². The van der Waals surface area contributed by atoms with E-state index in [9.17, 15) is 9.59 Å². The van der Waals surface area contributed by atoms with Crippen LogP contribution < -0.4 is 19.1 Å². The van der Waals surface area contributed by atoms with Gasteiger partial charge in [-0.3, -0.25) is 4.79 Å². The topological polar surface area (TPSA) is 65.1 Å². The third-order valence-corrected chi connectivity index (χ3v) is 4.83. The van der Waals surface area contributed by atoms with Crippen molar-refractivity contribution in [3.8, 4) is 17.2 Å². The second-order valence-electron chi connectivity index (χ2n) is 6.78. The molecule has 3 aromatic carbocycles. The summed E-state index contributed by atoms with van der Waals surface area (Å²) in [5, 5.41) is 1.95. The number of rotatable bonds is 6. The molecule has 6 nitrogen and oxygen atoms in total. The molecule has 1 heterocycles. The minimum absolute atomic E-state index is 0.134. The quantitative estimate of drug-likeness (QED) is 0.470. The number of methoxy groups -OCH3 is 1. The van der Waals surface area contributed by atoms with Crippen LogP contribution in [0.25, 0.3) is 10.8 Å². The van der Waals surface area contributed by atoms with Crippen molar-refractivity contribution in [2.45, 2.75) is 12.8 Å². The van der Waals surface area contributed by atoms with Crippen LogP contribution >= 0.6 is 0 Å². The molecule has 0 aliphatic carbocycles. The van der Waals surface area contributed by atoms with Gasteiger partial charge in [-0.25, -0.2) is 4.79 Å². The van der Waals surface area contributed by atoms with Crippen molar-refractivity contribution in [2.75, 3.05) is 25.2 Å². The molecular weight excluding hydrogens is 370 g/mol. The highest BCUT2D eigenvalue weighted by molar-refractivity contribution is 5.95. The maximum absolute atomic E-state index is 12.1. The average molecular weight is 391 g/mol. The van der Waals surface area contributed by atoms with Gasteiger partial charge in [0.2, 0.25) is 5.91 Å². The van der Waals surface area contributed by atoms with E-state index in [1.54, 1.807) is 36.3 Å². The van der Waals surface area contributed by atoms with Crippen LogP contribution in [0.3, 0.4) is 0 Å². The Kier molecular flexibility index (Phi) is 5.33. The van der Waals surface area contributed by atoms with Gasteiger partial charge in [0.1, 0.15) is 17.2 Å². The molecule has 1 amide bonds. The smallest absolute Gasteiger partial charge is 0.349 e. The van der Waals surface area contributed by atoms with Crippen molar-refractivity contribution in [3.63, 3.8) is 0 Å². The molecule has 0 atom stereocenters. The van der Waals surface area contributed by atoms with Crippen molar-refractivity contribution in [1.82, 2.24) is 0 Å².